The normalized spacial score (nSPS) is 20.9. The minimum Gasteiger partial charge on any atom is -0.481 e. The summed E-state index contributed by atoms with van der Waals surface area (Å²) in [6.07, 6.45) is 0. The minimum atomic E-state index is -3.48. The summed E-state index contributed by atoms with van der Waals surface area (Å²) in [5, 5.41) is 8.81. The van der Waals surface area contributed by atoms with Crippen LogP contribution in [-0.4, -0.2) is 42.4 Å². The van der Waals surface area contributed by atoms with Crippen LogP contribution in [0.4, 0.5) is 0 Å². The van der Waals surface area contributed by atoms with Gasteiger partial charge in [-0.3, -0.25) is 4.79 Å². The Hall–Kier alpha value is -0.660. The molecule has 0 spiro atoms. The number of carbonyl (C=O) groups is 1. The van der Waals surface area contributed by atoms with E-state index in [4.69, 9.17) is 5.11 Å². The highest BCUT2D eigenvalue weighted by atomic mass is 32.2. The van der Waals surface area contributed by atoms with Crippen molar-refractivity contribution >= 4 is 16.2 Å². The lowest BCUT2D eigenvalue weighted by atomic mass is 9.89. The van der Waals surface area contributed by atoms with Crippen molar-refractivity contribution in [3.8, 4) is 0 Å². The second-order valence-electron chi connectivity index (χ2n) is 5.56. The zero-order valence-electron chi connectivity index (χ0n) is 10.6. The third kappa shape index (κ3) is 3.65. The SMILES string of the molecule is CC(C(=O)O)C1CN(S(=O)(=O)NC(C)(C)C)C1. The van der Waals surface area contributed by atoms with E-state index in [2.05, 4.69) is 4.72 Å². The van der Waals surface area contributed by atoms with Crippen molar-refractivity contribution in [2.24, 2.45) is 11.8 Å². The van der Waals surface area contributed by atoms with E-state index in [0.29, 0.717) is 0 Å². The Morgan fingerprint density at radius 3 is 2.24 bits per heavy atom. The molecule has 1 aliphatic rings. The Morgan fingerprint density at radius 2 is 1.88 bits per heavy atom. The number of nitrogens with zero attached hydrogens (tertiary/aromatic N) is 1. The number of nitrogens with one attached hydrogen (secondary N) is 1. The van der Waals surface area contributed by atoms with E-state index in [1.807, 2.05) is 0 Å². The molecule has 0 aromatic rings. The average molecular weight is 264 g/mol. The Bertz CT molecular complexity index is 393. The van der Waals surface area contributed by atoms with E-state index in [9.17, 15) is 13.2 Å². The molecular formula is C10H20N2O4S. The maximum Gasteiger partial charge on any atom is 0.306 e. The Kier molecular flexibility index (Phi) is 3.85. The predicted octanol–water partition coefficient (Wildman–Crippen LogP) is 0.272. The topological polar surface area (TPSA) is 86.7 Å². The first kappa shape index (κ1) is 14.4. The third-order valence-electron chi connectivity index (χ3n) is 2.75. The van der Waals surface area contributed by atoms with Crippen LogP contribution in [0.25, 0.3) is 0 Å². The van der Waals surface area contributed by atoms with Gasteiger partial charge < -0.3 is 5.11 Å². The van der Waals surface area contributed by atoms with E-state index in [-0.39, 0.29) is 19.0 Å². The number of aliphatic carboxylic acids is 1. The lowest BCUT2D eigenvalue weighted by molar-refractivity contribution is -0.144. The molecule has 0 amide bonds. The largest absolute Gasteiger partial charge is 0.481 e. The first-order valence-electron chi connectivity index (χ1n) is 5.55. The van der Waals surface area contributed by atoms with Crippen molar-refractivity contribution in [2.45, 2.75) is 33.2 Å². The molecular weight excluding hydrogens is 244 g/mol. The van der Waals surface area contributed by atoms with Crippen molar-refractivity contribution in [2.75, 3.05) is 13.1 Å². The molecule has 0 aromatic carbocycles. The number of hydrogen-bond donors (Lipinski definition) is 2. The van der Waals surface area contributed by atoms with Gasteiger partial charge >= 0.3 is 5.97 Å². The van der Waals surface area contributed by atoms with Crippen LogP contribution in [0.1, 0.15) is 27.7 Å². The van der Waals surface area contributed by atoms with Gasteiger partial charge in [-0.15, -0.1) is 0 Å². The lowest BCUT2D eigenvalue weighted by Crippen LogP contribution is -2.59. The molecule has 1 atom stereocenters. The van der Waals surface area contributed by atoms with Gasteiger partial charge in [-0.2, -0.15) is 17.4 Å². The van der Waals surface area contributed by atoms with Crippen molar-refractivity contribution in [1.82, 2.24) is 9.03 Å². The number of carboxylic acids is 1. The molecule has 1 aliphatic heterocycles. The van der Waals surface area contributed by atoms with E-state index >= 15 is 0 Å². The van der Waals surface area contributed by atoms with Crippen LogP contribution in [0.15, 0.2) is 0 Å². The van der Waals surface area contributed by atoms with Crippen molar-refractivity contribution in [1.29, 1.82) is 0 Å². The van der Waals surface area contributed by atoms with E-state index in [0.717, 1.165) is 0 Å². The average Bonchev–Trinajstić information content (AvgIpc) is 1.94. The molecule has 0 saturated carbocycles. The third-order valence-corrected chi connectivity index (χ3v) is 4.60. The van der Waals surface area contributed by atoms with E-state index in [1.165, 1.54) is 4.31 Å². The molecule has 0 aliphatic carbocycles. The quantitative estimate of drug-likeness (QED) is 0.763. The molecule has 2 N–H and O–H groups in total. The Balaban J connectivity index is 2.55. The zero-order valence-corrected chi connectivity index (χ0v) is 11.4. The van der Waals surface area contributed by atoms with Gasteiger partial charge in [0.1, 0.15) is 0 Å². The van der Waals surface area contributed by atoms with Crippen LogP contribution in [0, 0.1) is 11.8 Å². The molecule has 17 heavy (non-hydrogen) atoms. The molecule has 1 heterocycles. The molecule has 7 heteroatoms. The lowest BCUT2D eigenvalue weighted by Gasteiger charge is -2.41. The summed E-state index contributed by atoms with van der Waals surface area (Å²) in [5.74, 6) is -1.48. The van der Waals surface area contributed by atoms with Gasteiger partial charge in [0.2, 0.25) is 0 Å². The van der Waals surface area contributed by atoms with Crippen LogP contribution in [-0.2, 0) is 15.0 Å². The molecule has 1 rings (SSSR count). The molecule has 0 bridgehead atoms. The van der Waals surface area contributed by atoms with Gasteiger partial charge in [0.15, 0.2) is 0 Å². The first-order chi connectivity index (χ1) is 7.53. The van der Waals surface area contributed by atoms with E-state index < -0.39 is 27.6 Å². The van der Waals surface area contributed by atoms with Gasteiger partial charge in [-0.25, -0.2) is 0 Å². The fourth-order valence-corrected chi connectivity index (χ4v) is 3.31. The molecule has 1 fully saturated rings. The minimum absolute atomic E-state index is 0.0935. The van der Waals surface area contributed by atoms with Crippen molar-refractivity contribution in [3.63, 3.8) is 0 Å². The van der Waals surface area contributed by atoms with Gasteiger partial charge in [-0.1, -0.05) is 6.92 Å². The summed E-state index contributed by atoms with van der Waals surface area (Å²) in [4.78, 5) is 10.7. The van der Waals surface area contributed by atoms with E-state index in [1.54, 1.807) is 27.7 Å². The molecule has 0 aromatic heterocycles. The highest BCUT2D eigenvalue weighted by molar-refractivity contribution is 7.87. The van der Waals surface area contributed by atoms with Crippen LogP contribution >= 0.6 is 0 Å². The Labute approximate surface area is 102 Å². The molecule has 1 saturated heterocycles. The number of rotatable bonds is 4. The first-order valence-corrected chi connectivity index (χ1v) is 6.99. The fourth-order valence-electron chi connectivity index (χ4n) is 1.64. The standard InChI is InChI=1S/C10H20N2O4S/c1-7(9(13)14)8-5-12(6-8)17(15,16)11-10(2,3)4/h7-8,11H,5-6H2,1-4H3,(H,13,14). The maximum atomic E-state index is 11.8. The summed E-state index contributed by atoms with van der Waals surface area (Å²) in [7, 11) is -3.48. The van der Waals surface area contributed by atoms with Gasteiger partial charge in [0, 0.05) is 18.6 Å². The summed E-state index contributed by atoms with van der Waals surface area (Å²) in [6, 6.07) is 0. The van der Waals surface area contributed by atoms with Crippen molar-refractivity contribution in [3.05, 3.63) is 0 Å². The highest BCUT2D eigenvalue weighted by Crippen LogP contribution is 2.26. The monoisotopic (exact) mass is 264 g/mol. The number of carboxylic acid groups (broad SMARTS) is 1. The maximum absolute atomic E-state index is 11.8. The zero-order chi connectivity index (χ0) is 13.4. The molecule has 0 radical (unpaired) electrons. The van der Waals surface area contributed by atoms with Crippen LogP contribution in [0.2, 0.25) is 0 Å². The molecule has 6 nitrogen and oxygen atoms in total. The smallest absolute Gasteiger partial charge is 0.306 e. The summed E-state index contributed by atoms with van der Waals surface area (Å²) < 4.78 is 27.5. The molecule has 100 valence electrons. The Morgan fingerprint density at radius 1 is 1.41 bits per heavy atom. The van der Waals surface area contributed by atoms with Crippen LogP contribution in [0.3, 0.4) is 0 Å². The highest BCUT2D eigenvalue weighted by Gasteiger charge is 2.41. The van der Waals surface area contributed by atoms with Gasteiger partial charge in [-0.05, 0) is 26.7 Å². The second kappa shape index (κ2) is 4.55. The molecule has 1 unspecified atom stereocenters. The van der Waals surface area contributed by atoms with Gasteiger partial charge in [0.05, 0.1) is 5.92 Å². The summed E-state index contributed by atoms with van der Waals surface area (Å²) in [6.45, 7) is 7.46. The fraction of sp³-hybridized carbons (Fsp3) is 0.900. The predicted molar refractivity (Wildman–Crippen MR) is 63.7 cm³/mol. The second-order valence-corrected chi connectivity index (χ2v) is 7.23. The number of hydrogen-bond acceptors (Lipinski definition) is 3. The van der Waals surface area contributed by atoms with Crippen LogP contribution in [0.5, 0.6) is 0 Å². The summed E-state index contributed by atoms with van der Waals surface area (Å²) >= 11 is 0. The van der Waals surface area contributed by atoms with Crippen molar-refractivity contribution < 1.29 is 18.3 Å². The van der Waals surface area contributed by atoms with Gasteiger partial charge in [0.25, 0.3) is 10.2 Å². The van der Waals surface area contributed by atoms with Crippen LogP contribution < -0.4 is 4.72 Å². The summed E-state index contributed by atoms with van der Waals surface area (Å²) in [5.41, 5.74) is -0.525.